The smallest absolute Gasteiger partial charge is 0.282 e. The Balaban J connectivity index is 1.55. The van der Waals surface area contributed by atoms with Gasteiger partial charge in [-0.1, -0.05) is 53.2 Å². The fraction of sp³-hybridized carbons (Fsp3) is 0.125. The molecule has 0 fully saturated rings. The van der Waals surface area contributed by atoms with Gasteiger partial charge in [-0.05, 0) is 23.8 Å². The zero-order chi connectivity index (χ0) is 15.4. The third-order valence-electron chi connectivity index (χ3n) is 3.22. The molecule has 1 heterocycles. The van der Waals surface area contributed by atoms with Gasteiger partial charge in [0, 0.05) is 11.4 Å². The molecule has 6 heteroatoms. The van der Waals surface area contributed by atoms with Crippen LogP contribution in [0.1, 0.15) is 12.0 Å². The van der Waals surface area contributed by atoms with Crippen LogP contribution in [0.15, 0.2) is 59.8 Å². The van der Waals surface area contributed by atoms with E-state index in [4.69, 9.17) is 16.4 Å². The number of hydrogen-bond donors (Lipinski definition) is 2. The van der Waals surface area contributed by atoms with Gasteiger partial charge in [0.1, 0.15) is 0 Å². The minimum atomic E-state index is -0.637. The molecule has 22 heavy (non-hydrogen) atoms. The number of rotatable bonds is 4. The van der Waals surface area contributed by atoms with E-state index in [1.54, 1.807) is 24.3 Å². The highest BCUT2D eigenvalue weighted by atomic mass is 35.5. The van der Waals surface area contributed by atoms with E-state index < -0.39 is 6.10 Å². The summed E-state index contributed by atoms with van der Waals surface area (Å²) in [5, 5.41) is 4.57. The van der Waals surface area contributed by atoms with Crippen molar-refractivity contribution in [3.05, 3.63) is 65.2 Å². The highest BCUT2D eigenvalue weighted by Gasteiger charge is 2.28. The van der Waals surface area contributed by atoms with Gasteiger partial charge < -0.3 is 4.84 Å². The maximum Gasteiger partial charge on any atom is 0.282 e. The SMILES string of the molecule is O=C(NNc1cccc(Cl)c1)C1CC(c2ccccc2)=NO1. The van der Waals surface area contributed by atoms with Crippen LogP contribution in [0.25, 0.3) is 0 Å². The van der Waals surface area contributed by atoms with E-state index in [2.05, 4.69) is 16.0 Å². The molecule has 2 aromatic carbocycles. The molecular weight excluding hydrogens is 302 g/mol. The van der Waals surface area contributed by atoms with Crippen LogP contribution in [0.2, 0.25) is 5.02 Å². The summed E-state index contributed by atoms with van der Waals surface area (Å²) in [6.07, 6.45) is -0.200. The largest absolute Gasteiger partial charge is 0.382 e. The van der Waals surface area contributed by atoms with Gasteiger partial charge in [0.2, 0.25) is 6.10 Å². The molecule has 0 bridgehead atoms. The fourth-order valence-electron chi connectivity index (χ4n) is 2.10. The maximum absolute atomic E-state index is 12.1. The summed E-state index contributed by atoms with van der Waals surface area (Å²) in [5.74, 6) is -0.283. The lowest BCUT2D eigenvalue weighted by Crippen LogP contribution is -2.38. The number of benzene rings is 2. The average molecular weight is 316 g/mol. The van der Waals surface area contributed by atoms with Crippen molar-refractivity contribution in [2.24, 2.45) is 5.16 Å². The summed E-state index contributed by atoms with van der Waals surface area (Å²) in [7, 11) is 0. The average Bonchev–Trinajstić information content (AvgIpc) is 3.04. The number of nitrogens with one attached hydrogen (secondary N) is 2. The molecule has 1 atom stereocenters. The number of anilines is 1. The van der Waals surface area contributed by atoms with Crippen LogP contribution >= 0.6 is 11.6 Å². The van der Waals surface area contributed by atoms with Crippen LogP contribution in [0.4, 0.5) is 5.69 Å². The van der Waals surface area contributed by atoms with Crippen molar-refractivity contribution in [2.75, 3.05) is 5.43 Å². The van der Waals surface area contributed by atoms with Crippen molar-refractivity contribution < 1.29 is 9.63 Å². The van der Waals surface area contributed by atoms with Crippen molar-refractivity contribution >= 4 is 28.9 Å². The zero-order valence-electron chi connectivity index (χ0n) is 11.6. The molecule has 112 valence electrons. The molecule has 3 rings (SSSR count). The minimum absolute atomic E-state index is 0.283. The lowest BCUT2D eigenvalue weighted by Gasteiger charge is -2.11. The third-order valence-corrected chi connectivity index (χ3v) is 3.46. The highest BCUT2D eigenvalue weighted by Crippen LogP contribution is 2.17. The van der Waals surface area contributed by atoms with Crippen molar-refractivity contribution in [2.45, 2.75) is 12.5 Å². The second-order valence-corrected chi connectivity index (χ2v) is 5.26. The number of hydrogen-bond acceptors (Lipinski definition) is 4. The zero-order valence-corrected chi connectivity index (χ0v) is 12.4. The number of hydrazine groups is 1. The first-order valence-corrected chi connectivity index (χ1v) is 7.20. The molecule has 0 saturated carbocycles. The van der Waals surface area contributed by atoms with Crippen LogP contribution in [0, 0.1) is 0 Å². The Morgan fingerprint density at radius 1 is 1.18 bits per heavy atom. The van der Waals surface area contributed by atoms with Crippen molar-refractivity contribution in [1.29, 1.82) is 0 Å². The number of amides is 1. The number of carbonyl (C=O) groups excluding carboxylic acids is 1. The summed E-state index contributed by atoms with van der Waals surface area (Å²) in [6, 6.07) is 16.7. The van der Waals surface area contributed by atoms with E-state index in [1.807, 2.05) is 30.3 Å². The Kier molecular flexibility index (Phi) is 4.25. The van der Waals surface area contributed by atoms with Crippen LogP contribution in [-0.2, 0) is 9.63 Å². The lowest BCUT2D eigenvalue weighted by molar-refractivity contribution is -0.130. The van der Waals surface area contributed by atoms with Crippen LogP contribution in [0.5, 0.6) is 0 Å². The van der Waals surface area contributed by atoms with Gasteiger partial charge >= 0.3 is 0 Å². The Hall–Kier alpha value is -2.53. The van der Waals surface area contributed by atoms with E-state index in [0.717, 1.165) is 11.3 Å². The predicted octanol–water partition coefficient (Wildman–Crippen LogP) is 2.98. The van der Waals surface area contributed by atoms with Gasteiger partial charge in [-0.15, -0.1) is 0 Å². The van der Waals surface area contributed by atoms with E-state index in [-0.39, 0.29) is 5.91 Å². The quantitative estimate of drug-likeness (QED) is 0.853. The first-order valence-electron chi connectivity index (χ1n) is 6.82. The minimum Gasteiger partial charge on any atom is -0.382 e. The Morgan fingerprint density at radius 2 is 2.00 bits per heavy atom. The van der Waals surface area contributed by atoms with E-state index in [1.165, 1.54) is 0 Å². The van der Waals surface area contributed by atoms with E-state index in [0.29, 0.717) is 17.1 Å². The maximum atomic E-state index is 12.1. The Morgan fingerprint density at radius 3 is 2.77 bits per heavy atom. The molecule has 0 radical (unpaired) electrons. The highest BCUT2D eigenvalue weighted by molar-refractivity contribution is 6.30. The van der Waals surface area contributed by atoms with Crippen molar-refractivity contribution in [3.8, 4) is 0 Å². The second-order valence-electron chi connectivity index (χ2n) is 4.83. The molecule has 1 aliphatic heterocycles. The van der Waals surface area contributed by atoms with Gasteiger partial charge in [-0.2, -0.15) is 0 Å². The molecule has 0 aliphatic carbocycles. The summed E-state index contributed by atoms with van der Waals surface area (Å²) in [6.45, 7) is 0. The van der Waals surface area contributed by atoms with Crippen LogP contribution in [-0.4, -0.2) is 17.7 Å². The summed E-state index contributed by atoms with van der Waals surface area (Å²) >= 11 is 5.88. The van der Waals surface area contributed by atoms with E-state index >= 15 is 0 Å². The molecule has 0 spiro atoms. The fourth-order valence-corrected chi connectivity index (χ4v) is 2.29. The standard InChI is InChI=1S/C16H14ClN3O2/c17-12-7-4-8-13(9-12)18-19-16(21)15-10-14(20-22-15)11-5-2-1-3-6-11/h1-9,15,18H,10H2,(H,19,21). The molecule has 1 amide bonds. The molecular formula is C16H14ClN3O2. The van der Waals surface area contributed by atoms with Gasteiger partial charge in [0.15, 0.2) is 0 Å². The van der Waals surface area contributed by atoms with Gasteiger partial charge in [0.25, 0.3) is 5.91 Å². The summed E-state index contributed by atoms with van der Waals surface area (Å²) < 4.78 is 0. The molecule has 0 saturated heterocycles. The lowest BCUT2D eigenvalue weighted by atomic mass is 10.1. The first-order chi connectivity index (χ1) is 10.7. The van der Waals surface area contributed by atoms with Gasteiger partial charge in [-0.25, -0.2) is 0 Å². The molecule has 1 unspecified atom stereocenters. The molecule has 1 aliphatic rings. The number of carbonyl (C=O) groups is 1. The van der Waals surface area contributed by atoms with E-state index in [9.17, 15) is 4.79 Å². The molecule has 5 nitrogen and oxygen atoms in total. The number of halogens is 1. The molecule has 2 N–H and O–H groups in total. The third kappa shape index (κ3) is 3.38. The predicted molar refractivity (Wildman–Crippen MR) is 85.7 cm³/mol. The summed E-state index contributed by atoms with van der Waals surface area (Å²) in [4.78, 5) is 17.3. The van der Waals surface area contributed by atoms with Crippen molar-refractivity contribution in [1.82, 2.24) is 5.43 Å². The first kappa shape index (κ1) is 14.4. The topological polar surface area (TPSA) is 62.7 Å². The number of nitrogens with zero attached hydrogens (tertiary/aromatic N) is 1. The number of oxime groups is 1. The van der Waals surface area contributed by atoms with Gasteiger partial charge in [0.05, 0.1) is 11.4 Å². The second kappa shape index (κ2) is 6.49. The molecule has 2 aromatic rings. The summed E-state index contributed by atoms with van der Waals surface area (Å²) in [5.41, 5.74) is 7.82. The van der Waals surface area contributed by atoms with Crippen molar-refractivity contribution in [3.63, 3.8) is 0 Å². The molecule has 0 aromatic heterocycles. The normalized spacial score (nSPS) is 16.6. The monoisotopic (exact) mass is 315 g/mol. The van der Waals surface area contributed by atoms with Crippen LogP contribution in [0.3, 0.4) is 0 Å². The Bertz CT molecular complexity index is 704. The Labute approximate surface area is 132 Å². The van der Waals surface area contributed by atoms with Gasteiger partial charge in [-0.3, -0.25) is 15.6 Å². The van der Waals surface area contributed by atoms with Crippen LogP contribution < -0.4 is 10.9 Å².